The summed E-state index contributed by atoms with van der Waals surface area (Å²) in [5.41, 5.74) is 2.58. The van der Waals surface area contributed by atoms with Crippen molar-refractivity contribution in [2.75, 3.05) is 0 Å². The zero-order valence-corrected chi connectivity index (χ0v) is 13.1. The van der Waals surface area contributed by atoms with E-state index < -0.39 is 0 Å². The number of aryl methyl sites for hydroxylation is 1. The molecule has 2 bridgehead atoms. The van der Waals surface area contributed by atoms with Crippen molar-refractivity contribution in [2.45, 2.75) is 70.9 Å². The molecule has 3 rings (SSSR count). The highest BCUT2D eigenvalue weighted by Crippen LogP contribution is 2.55. The first-order chi connectivity index (χ1) is 9.45. The van der Waals surface area contributed by atoms with Crippen molar-refractivity contribution in [2.24, 2.45) is 5.92 Å². The predicted molar refractivity (Wildman–Crippen MR) is 80.7 cm³/mol. The van der Waals surface area contributed by atoms with Crippen LogP contribution in [0, 0.1) is 12.8 Å². The molecule has 0 unspecified atom stereocenters. The Morgan fingerprint density at radius 1 is 1.30 bits per heavy atom. The molecule has 1 aromatic rings. The van der Waals surface area contributed by atoms with Gasteiger partial charge in [-0.15, -0.1) is 0 Å². The standard InChI is InChI=1S/C18H26O2/c1-13(2)18-10-9-17(4,20-18)16(11-18)19-12-15-8-6-5-7-14(15)3/h5-8,13,16H,9-12H2,1-4H3/t16-,17-,18-/m1/s1. The first-order valence-corrected chi connectivity index (χ1v) is 7.81. The number of fused-ring (bicyclic) bond motifs is 2. The van der Waals surface area contributed by atoms with E-state index in [0.29, 0.717) is 12.5 Å². The fourth-order valence-corrected chi connectivity index (χ4v) is 3.77. The third-order valence-electron chi connectivity index (χ3n) is 5.45. The van der Waals surface area contributed by atoms with Gasteiger partial charge >= 0.3 is 0 Å². The summed E-state index contributed by atoms with van der Waals surface area (Å²) < 4.78 is 12.7. The Morgan fingerprint density at radius 2 is 2.05 bits per heavy atom. The molecule has 1 aromatic carbocycles. The van der Waals surface area contributed by atoms with Gasteiger partial charge < -0.3 is 9.47 Å². The second-order valence-electron chi connectivity index (χ2n) is 7.06. The molecule has 0 spiro atoms. The number of benzene rings is 1. The van der Waals surface area contributed by atoms with E-state index >= 15 is 0 Å². The summed E-state index contributed by atoms with van der Waals surface area (Å²) in [6, 6.07) is 8.46. The van der Waals surface area contributed by atoms with Crippen LogP contribution in [0.5, 0.6) is 0 Å². The lowest BCUT2D eigenvalue weighted by atomic mass is 9.75. The highest BCUT2D eigenvalue weighted by Gasteiger charge is 2.60. The molecule has 2 aliphatic heterocycles. The maximum absolute atomic E-state index is 6.42. The fraction of sp³-hybridized carbons (Fsp3) is 0.667. The Morgan fingerprint density at radius 3 is 2.70 bits per heavy atom. The molecule has 2 heterocycles. The molecule has 3 atom stereocenters. The molecule has 20 heavy (non-hydrogen) atoms. The van der Waals surface area contributed by atoms with Crippen molar-refractivity contribution in [1.29, 1.82) is 0 Å². The lowest BCUT2D eigenvalue weighted by Gasteiger charge is -2.31. The van der Waals surface area contributed by atoms with Crippen molar-refractivity contribution in [3.8, 4) is 0 Å². The molecule has 2 fully saturated rings. The van der Waals surface area contributed by atoms with Gasteiger partial charge in [0.25, 0.3) is 0 Å². The lowest BCUT2D eigenvalue weighted by Crippen LogP contribution is -2.38. The van der Waals surface area contributed by atoms with Crippen LogP contribution in [-0.2, 0) is 16.1 Å². The van der Waals surface area contributed by atoms with Gasteiger partial charge in [0.2, 0.25) is 0 Å². The van der Waals surface area contributed by atoms with Crippen LogP contribution in [0.15, 0.2) is 24.3 Å². The minimum Gasteiger partial charge on any atom is -0.370 e. The van der Waals surface area contributed by atoms with E-state index in [1.807, 2.05) is 0 Å². The van der Waals surface area contributed by atoms with Gasteiger partial charge in [-0.05, 0) is 43.7 Å². The third kappa shape index (κ3) is 2.19. The van der Waals surface area contributed by atoms with Crippen molar-refractivity contribution in [1.82, 2.24) is 0 Å². The molecule has 0 amide bonds. The van der Waals surface area contributed by atoms with Crippen LogP contribution in [0.4, 0.5) is 0 Å². The molecule has 2 aliphatic rings. The summed E-state index contributed by atoms with van der Waals surface area (Å²) in [6.07, 6.45) is 3.60. The quantitative estimate of drug-likeness (QED) is 0.817. The minimum absolute atomic E-state index is 0.0607. The van der Waals surface area contributed by atoms with Gasteiger partial charge in [-0.25, -0.2) is 0 Å². The SMILES string of the molecule is Cc1ccccc1CO[C@@H]1C[C@@]2(C(C)C)CC[C@@]1(C)O2. The fourth-order valence-electron chi connectivity index (χ4n) is 3.77. The van der Waals surface area contributed by atoms with Crippen molar-refractivity contribution in [3.05, 3.63) is 35.4 Å². The molecule has 0 radical (unpaired) electrons. The molecule has 2 nitrogen and oxygen atoms in total. The van der Waals surface area contributed by atoms with Gasteiger partial charge in [0.1, 0.15) is 0 Å². The number of hydrogen-bond acceptors (Lipinski definition) is 2. The van der Waals surface area contributed by atoms with E-state index in [1.165, 1.54) is 17.5 Å². The van der Waals surface area contributed by atoms with Gasteiger partial charge in [-0.2, -0.15) is 0 Å². The van der Waals surface area contributed by atoms with E-state index in [4.69, 9.17) is 9.47 Å². The van der Waals surface area contributed by atoms with Gasteiger partial charge in [-0.1, -0.05) is 38.1 Å². The zero-order chi connectivity index (χ0) is 14.4. The van der Waals surface area contributed by atoms with E-state index in [9.17, 15) is 0 Å². The summed E-state index contributed by atoms with van der Waals surface area (Å²) in [4.78, 5) is 0. The normalized spacial score (nSPS) is 36.0. The number of hydrogen-bond donors (Lipinski definition) is 0. The van der Waals surface area contributed by atoms with Crippen LogP contribution in [0.25, 0.3) is 0 Å². The van der Waals surface area contributed by atoms with Gasteiger partial charge in [0, 0.05) is 6.42 Å². The van der Waals surface area contributed by atoms with Crippen molar-refractivity contribution < 1.29 is 9.47 Å². The third-order valence-corrected chi connectivity index (χ3v) is 5.45. The summed E-state index contributed by atoms with van der Waals surface area (Å²) in [5, 5.41) is 0. The Hall–Kier alpha value is -0.860. The second-order valence-corrected chi connectivity index (χ2v) is 7.06. The van der Waals surface area contributed by atoms with Crippen LogP contribution in [0.2, 0.25) is 0 Å². The molecule has 2 heteroatoms. The van der Waals surface area contributed by atoms with Crippen LogP contribution >= 0.6 is 0 Å². The first-order valence-electron chi connectivity index (χ1n) is 7.81. The summed E-state index contributed by atoms with van der Waals surface area (Å²) in [6.45, 7) is 9.62. The number of ether oxygens (including phenoxy) is 2. The molecular formula is C18H26O2. The van der Waals surface area contributed by atoms with E-state index in [-0.39, 0.29) is 17.3 Å². The van der Waals surface area contributed by atoms with Gasteiger partial charge in [-0.3, -0.25) is 0 Å². The molecular weight excluding hydrogens is 248 g/mol. The maximum Gasteiger partial charge on any atom is 0.0924 e. The summed E-state index contributed by atoms with van der Waals surface area (Å²) in [7, 11) is 0. The number of rotatable bonds is 4. The summed E-state index contributed by atoms with van der Waals surface area (Å²) >= 11 is 0. The average Bonchev–Trinajstić information content (AvgIpc) is 2.90. The summed E-state index contributed by atoms with van der Waals surface area (Å²) in [5.74, 6) is 0.566. The lowest BCUT2D eigenvalue weighted by molar-refractivity contribution is -0.0960. The van der Waals surface area contributed by atoms with E-state index in [0.717, 1.165) is 12.8 Å². The van der Waals surface area contributed by atoms with Gasteiger partial charge in [0.05, 0.1) is 23.9 Å². The Labute approximate surface area is 122 Å². The highest BCUT2D eigenvalue weighted by atomic mass is 16.6. The minimum atomic E-state index is -0.0764. The second kappa shape index (κ2) is 4.85. The topological polar surface area (TPSA) is 18.5 Å². The van der Waals surface area contributed by atoms with Crippen molar-refractivity contribution in [3.63, 3.8) is 0 Å². The molecule has 0 aliphatic carbocycles. The molecule has 2 saturated heterocycles. The van der Waals surface area contributed by atoms with Crippen molar-refractivity contribution >= 4 is 0 Å². The largest absolute Gasteiger partial charge is 0.370 e. The molecule has 0 saturated carbocycles. The maximum atomic E-state index is 6.42. The van der Waals surface area contributed by atoms with Crippen LogP contribution < -0.4 is 0 Å². The van der Waals surface area contributed by atoms with E-state index in [1.54, 1.807) is 0 Å². The monoisotopic (exact) mass is 274 g/mol. The molecule has 110 valence electrons. The Bertz CT molecular complexity index is 496. The Balaban J connectivity index is 1.69. The van der Waals surface area contributed by atoms with Crippen LogP contribution in [-0.4, -0.2) is 17.3 Å². The average molecular weight is 274 g/mol. The zero-order valence-electron chi connectivity index (χ0n) is 13.1. The smallest absolute Gasteiger partial charge is 0.0924 e. The van der Waals surface area contributed by atoms with E-state index in [2.05, 4.69) is 52.0 Å². The molecule has 0 N–H and O–H groups in total. The van der Waals surface area contributed by atoms with Crippen LogP contribution in [0.3, 0.4) is 0 Å². The predicted octanol–water partition coefficient (Wildman–Crippen LogP) is 4.25. The van der Waals surface area contributed by atoms with Crippen LogP contribution in [0.1, 0.15) is 51.2 Å². The highest BCUT2D eigenvalue weighted by molar-refractivity contribution is 5.24. The molecule has 0 aromatic heterocycles. The Kier molecular flexibility index (Phi) is 3.42. The van der Waals surface area contributed by atoms with Gasteiger partial charge in [0.15, 0.2) is 0 Å². The first kappa shape index (κ1) is 14.1.